The molecule has 0 spiro atoms. The van der Waals surface area contributed by atoms with Crippen molar-refractivity contribution in [3.8, 4) is 11.3 Å². The molecule has 1 aromatic heterocycles. The summed E-state index contributed by atoms with van der Waals surface area (Å²) in [4.78, 5) is 154. The van der Waals surface area contributed by atoms with Crippen molar-refractivity contribution in [2.75, 3.05) is 39.3 Å². The van der Waals surface area contributed by atoms with Crippen molar-refractivity contribution in [1.82, 2.24) is 58.2 Å². The van der Waals surface area contributed by atoms with E-state index in [0.717, 1.165) is 5.56 Å². The number of hydrogen-bond acceptors (Lipinski definition) is 18. The molecule has 3 rings (SSSR count). The number of carbonyl (C=O) groups excluding carboxylic acids is 11. The van der Waals surface area contributed by atoms with Gasteiger partial charge in [-0.25, -0.2) is 0 Å². The van der Waals surface area contributed by atoms with E-state index in [1.165, 1.54) is 19.2 Å². The van der Waals surface area contributed by atoms with Crippen LogP contribution in [-0.4, -0.2) is 175 Å². The number of nitrogens with one attached hydrogen (secondary N) is 10. The van der Waals surface area contributed by atoms with Crippen LogP contribution in [-0.2, 0) is 54.4 Å². The van der Waals surface area contributed by atoms with Crippen LogP contribution >= 0.6 is 0 Å². The van der Waals surface area contributed by atoms with Crippen molar-refractivity contribution in [3.63, 3.8) is 0 Å². The molecular formula is C58H89N17O12. The van der Waals surface area contributed by atoms with Gasteiger partial charge in [-0.05, 0) is 102 Å². The summed E-state index contributed by atoms with van der Waals surface area (Å²) in [5, 5.41) is 35.6. The number of nitrogens with zero attached hydrogens (tertiary/aromatic N) is 1. The Hall–Kier alpha value is -8.48. The summed E-state index contributed by atoms with van der Waals surface area (Å²) < 4.78 is 0. The third kappa shape index (κ3) is 25.6. The molecule has 0 radical (unpaired) electrons. The first-order chi connectivity index (χ1) is 41.5. The normalized spacial score (nSPS) is 14.5. The number of aliphatic hydroxyl groups is 1. The van der Waals surface area contributed by atoms with E-state index in [1.54, 1.807) is 57.2 Å². The zero-order chi connectivity index (χ0) is 64.6. The van der Waals surface area contributed by atoms with E-state index in [0.29, 0.717) is 11.3 Å². The largest absolute Gasteiger partial charge is 0.393 e. The summed E-state index contributed by atoms with van der Waals surface area (Å²) >= 11 is 0. The lowest BCUT2D eigenvalue weighted by Gasteiger charge is -2.28. The number of nitrogens with two attached hydrogens (primary N) is 6. The van der Waals surface area contributed by atoms with Crippen LogP contribution in [0.4, 0.5) is 0 Å². The lowest BCUT2D eigenvalue weighted by atomic mass is 10.00. The van der Waals surface area contributed by atoms with E-state index in [2.05, 4.69) is 58.2 Å². The molecule has 0 saturated heterocycles. The Balaban J connectivity index is 1.86. The summed E-state index contributed by atoms with van der Waals surface area (Å²) in [6, 6.07) is 8.58. The van der Waals surface area contributed by atoms with Crippen LogP contribution in [0.2, 0.25) is 0 Å². The minimum atomic E-state index is -1.55. The monoisotopic (exact) mass is 1220 g/mol. The maximum absolute atomic E-state index is 14.4. The van der Waals surface area contributed by atoms with Gasteiger partial charge in [-0.15, -0.1) is 0 Å². The average Bonchev–Trinajstić information content (AvgIpc) is 3.09. The van der Waals surface area contributed by atoms with E-state index >= 15 is 0 Å². The van der Waals surface area contributed by atoms with Gasteiger partial charge < -0.3 is 92.7 Å². The minimum Gasteiger partial charge on any atom is -0.393 e. The number of hydrogen-bond donors (Lipinski definition) is 17. The van der Waals surface area contributed by atoms with E-state index in [9.17, 15) is 57.8 Å². The fourth-order valence-corrected chi connectivity index (χ4v) is 8.83. The Morgan fingerprint density at radius 2 is 0.908 bits per heavy atom. The van der Waals surface area contributed by atoms with Gasteiger partial charge in [0.1, 0.15) is 54.4 Å². The van der Waals surface area contributed by atoms with E-state index in [-0.39, 0.29) is 102 Å². The van der Waals surface area contributed by atoms with Crippen LogP contribution in [0.25, 0.3) is 11.3 Å². The predicted molar refractivity (Wildman–Crippen MR) is 323 cm³/mol. The maximum atomic E-state index is 14.4. The second kappa shape index (κ2) is 38.5. The molecular weight excluding hydrogens is 1130 g/mol. The Morgan fingerprint density at radius 1 is 0.494 bits per heavy atom. The zero-order valence-electron chi connectivity index (χ0n) is 49.8. The number of benzene rings is 2. The summed E-state index contributed by atoms with van der Waals surface area (Å²) in [5.74, 6) is -9.11. The summed E-state index contributed by atoms with van der Waals surface area (Å²) in [6.45, 7) is 5.54. The highest BCUT2D eigenvalue weighted by Crippen LogP contribution is 2.18. The number of carbonyl (C=O) groups is 11. The Bertz CT molecular complexity index is 2740. The third-order valence-electron chi connectivity index (χ3n) is 13.5. The van der Waals surface area contributed by atoms with Crippen LogP contribution in [0, 0.1) is 5.92 Å². The minimum absolute atomic E-state index is 0.00120. The highest BCUT2D eigenvalue weighted by Gasteiger charge is 2.35. The molecule has 87 heavy (non-hydrogen) atoms. The second-order valence-corrected chi connectivity index (χ2v) is 21.2. The predicted octanol–water partition coefficient (Wildman–Crippen LogP) is -4.46. The van der Waals surface area contributed by atoms with Gasteiger partial charge in [0.25, 0.3) is 5.91 Å². The summed E-state index contributed by atoms with van der Waals surface area (Å²) in [5.41, 5.74) is 36.7. The van der Waals surface area contributed by atoms with Crippen LogP contribution in [0.3, 0.4) is 0 Å². The molecule has 11 amide bonds. The van der Waals surface area contributed by atoms with Crippen LogP contribution in [0.5, 0.6) is 0 Å². The van der Waals surface area contributed by atoms with Gasteiger partial charge >= 0.3 is 0 Å². The fraction of sp³-hybridized carbons (Fsp3) is 0.517. The zero-order valence-corrected chi connectivity index (χ0v) is 49.8. The first-order valence-corrected chi connectivity index (χ1v) is 29.0. The van der Waals surface area contributed by atoms with Crippen molar-refractivity contribution in [2.24, 2.45) is 40.3 Å². The van der Waals surface area contributed by atoms with Crippen molar-refractivity contribution in [3.05, 3.63) is 90.1 Å². The van der Waals surface area contributed by atoms with Crippen LogP contribution < -0.4 is 87.6 Å². The Morgan fingerprint density at radius 3 is 1.40 bits per heavy atom. The maximum Gasteiger partial charge on any atom is 0.252 e. The molecule has 29 nitrogen and oxygen atoms in total. The van der Waals surface area contributed by atoms with Gasteiger partial charge in [-0.2, -0.15) is 0 Å². The van der Waals surface area contributed by atoms with Crippen molar-refractivity contribution in [1.29, 1.82) is 0 Å². The molecule has 29 heteroatoms. The molecule has 478 valence electrons. The number of primary amides is 1. The molecule has 3 aromatic rings. The SMILES string of the molecule is CCC(NC(=O)C(CCN)NC(=O)c1ccnc(-c2ccccc2)c1)C(=O)NC(CN)C(=O)NC(CCNC(=O)CC(C)O)C(=O)NC(CCN)C(=O)NC(Cc1ccccc1)C(=O)NC(CC(C)C)C(=O)NC(CCN)C(=O)NC(CCN)C(N)=O. The Kier molecular flexibility index (Phi) is 32.2. The molecule has 10 unspecified atom stereocenters. The molecule has 0 saturated carbocycles. The van der Waals surface area contributed by atoms with Gasteiger partial charge in [0.05, 0.1) is 18.2 Å². The molecule has 0 fully saturated rings. The van der Waals surface area contributed by atoms with Gasteiger partial charge in [-0.1, -0.05) is 81.4 Å². The average molecular weight is 1220 g/mol. The summed E-state index contributed by atoms with van der Waals surface area (Å²) in [7, 11) is 0. The van der Waals surface area contributed by atoms with E-state index < -0.39 is 132 Å². The number of aliphatic hydroxyl groups excluding tert-OH is 1. The lowest BCUT2D eigenvalue weighted by molar-refractivity contribution is -0.136. The highest BCUT2D eigenvalue weighted by molar-refractivity contribution is 6.00. The van der Waals surface area contributed by atoms with Gasteiger partial charge in [0.15, 0.2) is 0 Å². The number of aromatic nitrogens is 1. The topological polar surface area (TPSA) is 497 Å². The molecule has 1 heterocycles. The van der Waals surface area contributed by atoms with Crippen molar-refractivity contribution in [2.45, 2.75) is 146 Å². The van der Waals surface area contributed by atoms with Gasteiger partial charge in [0, 0.05) is 36.8 Å². The number of pyridine rings is 1. The fourth-order valence-electron chi connectivity index (χ4n) is 8.83. The van der Waals surface area contributed by atoms with E-state index in [4.69, 9.17) is 34.4 Å². The quantitative estimate of drug-likeness (QED) is 0.0256. The standard InChI is InChI=1S/C58H89N17O12/c1-5-38(67-52(81)40(17-23-60)69-50(79)37-20-26-65-44(31-37)36-14-10-7-11-15-36)51(80)75-47(32-63)58(87)72-43(21-27-66-48(77)29-34(4)76)55(84)70-42(19-25-62)54(83)74-46(30-35-12-8-6-9-13-35)57(86)73-45(28-33(2)3)56(85)71-41(18-24-61)53(82)68-39(16-22-59)49(64)78/h6-15,20,26,31,33-34,38-43,45-47,76H,5,16-19,21-25,27-30,32,59-63H2,1-4H3,(H2,64,78)(H,66,77)(H,67,81)(H,68,82)(H,69,79)(H,70,84)(H,71,85)(H,72,87)(H,73,86)(H,74,83)(H,75,80). The van der Waals surface area contributed by atoms with Crippen molar-refractivity contribution >= 4 is 65.0 Å². The Labute approximate surface area is 506 Å². The lowest BCUT2D eigenvalue weighted by Crippen LogP contribution is -2.62. The molecule has 23 N–H and O–H groups in total. The van der Waals surface area contributed by atoms with E-state index in [1.807, 2.05) is 30.3 Å². The first-order valence-electron chi connectivity index (χ1n) is 29.0. The van der Waals surface area contributed by atoms with Gasteiger partial charge in [-0.3, -0.25) is 57.7 Å². The van der Waals surface area contributed by atoms with Crippen LogP contribution in [0.15, 0.2) is 79.0 Å². The molecule has 0 aliphatic heterocycles. The molecule has 0 aliphatic carbocycles. The van der Waals surface area contributed by atoms with Gasteiger partial charge in [0.2, 0.25) is 59.1 Å². The third-order valence-corrected chi connectivity index (χ3v) is 13.5. The molecule has 10 atom stereocenters. The van der Waals surface area contributed by atoms with Crippen molar-refractivity contribution < 1.29 is 57.8 Å². The molecule has 0 aliphatic rings. The second-order valence-electron chi connectivity index (χ2n) is 21.2. The molecule has 2 aromatic carbocycles. The van der Waals surface area contributed by atoms with Crippen LogP contribution in [0.1, 0.15) is 95.0 Å². The smallest absolute Gasteiger partial charge is 0.252 e. The first kappa shape index (κ1) is 72.8. The number of rotatable bonds is 39. The number of amides is 11. The summed E-state index contributed by atoms with van der Waals surface area (Å²) in [6.07, 6.45) is -0.495. The molecule has 0 bridgehead atoms. The highest BCUT2D eigenvalue weighted by atomic mass is 16.3.